The van der Waals surface area contributed by atoms with Crippen LogP contribution in [-0.4, -0.2) is 87.9 Å². The summed E-state index contributed by atoms with van der Waals surface area (Å²) in [5, 5.41) is 19.7. The number of rotatable bonds is 10. The Bertz CT molecular complexity index is 1350. The van der Waals surface area contributed by atoms with Gasteiger partial charge in [-0.2, -0.15) is 5.10 Å². The Balaban J connectivity index is 1.56. The lowest BCUT2D eigenvalue weighted by Gasteiger charge is -2.41. The quantitative estimate of drug-likeness (QED) is 0.395. The number of amides is 4. The van der Waals surface area contributed by atoms with Gasteiger partial charge in [-0.05, 0) is 25.8 Å². The lowest BCUT2D eigenvalue weighted by molar-refractivity contribution is -0.142. The maximum atomic E-state index is 13.9. The van der Waals surface area contributed by atoms with Crippen molar-refractivity contribution in [1.29, 1.82) is 0 Å². The van der Waals surface area contributed by atoms with E-state index in [1.807, 2.05) is 30.3 Å². The van der Waals surface area contributed by atoms with E-state index in [2.05, 4.69) is 20.7 Å². The third-order valence-electron chi connectivity index (χ3n) is 7.21. The van der Waals surface area contributed by atoms with Gasteiger partial charge in [0.15, 0.2) is 0 Å². The number of fused-ring (bicyclic) bond motifs is 1. The molecule has 0 bridgehead atoms. The molecule has 0 saturated carbocycles. The summed E-state index contributed by atoms with van der Waals surface area (Å²) < 4.78 is 19.1. The third kappa shape index (κ3) is 6.61. The van der Waals surface area contributed by atoms with Gasteiger partial charge < -0.3 is 25.4 Å². The number of halogens is 1. The standard InChI is InChI=1S/C28H33FN6O6/c1-27(2,32-26(39)40)24(37)31-21(10-12-41-20-13-19(29)15-30-16-20)23(36)35-11-9-22-28(17-35,25(38)34(3)33-22)14-18-7-5-4-6-8-18/h4-8,13,15-16,21,32H,9-12,14,17H2,1-3H3,(H,31,37)(H,39,40). The van der Waals surface area contributed by atoms with Gasteiger partial charge in [0, 0.05) is 39.0 Å². The second kappa shape index (κ2) is 11.9. The molecule has 12 nitrogen and oxygen atoms in total. The van der Waals surface area contributed by atoms with Crippen LogP contribution in [0.15, 0.2) is 53.9 Å². The van der Waals surface area contributed by atoms with Gasteiger partial charge in [0.05, 0.1) is 24.7 Å². The first-order valence-electron chi connectivity index (χ1n) is 13.2. The second-order valence-electron chi connectivity index (χ2n) is 10.7. The molecular formula is C28H33FN6O6. The highest BCUT2D eigenvalue weighted by Crippen LogP contribution is 2.38. The molecule has 2 aromatic rings. The highest BCUT2D eigenvalue weighted by Gasteiger charge is 2.54. The van der Waals surface area contributed by atoms with Gasteiger partial charge in [0.2, 0.25) is 11.8 Å². The molecule has 2 unspecified atom stereocenters. The van der Waals surface area contributed by atoms with Crippen molar-refractivity contribution in [1.82, 2.24) is 25.5 Å². The summed E-state index contributed by atoms with van der Waals surface area (Å²) in [6.07, 6.45) is 1.65. The summed E-state index contributed by atoms with van der Waals surface area (Å²) in [6.45, 7) is 3.00. The van der Waals surface area contributed by atoms with Crippen LogP contribution in [0.3, 0.4) is 0 Å². The van der Waals surface area contributed by atoms with Crippen LogP contribution < -0.4 is 15.4 Å². The molecule has 218 valence electrons. The van der Waals surface area contributed by atoms with E-state index in [0.29, 0.717) is 18.6 Å². The Morgan fingerprint density at radius 1 is 1.22 bits per heavy atom. The SMILES string of the molecule is CN1N=C2CCN(C(=O)C(CCOc3cncc(F)c3)NC(=O)C(C)(C)NC(=O)O)CC2(Cc2ccccc2)C1=O. The molecule has 2 aliphatic rings. The Hall–Kier alpha value is -4.55. The summed E-state index contributed by atoms with van der Waals surface area (Å²) in [6, 6.07) is 9.49. The lowest BCUT2D eigenvalue weighted by atomic mass is 9.73. The maximum absolute atomic E-state index is 13.9. The van der Waals surface area contributed by atoms with E-state index in [9.17, 15) is 23.6 Å². The van der Waals surface area contributed by atoms with Crippen LogP contribution in [0.2, 0.25) is 0 Å². The van der Waals surface area contributed by atoms with E-state index in [0.717, 1.165) is 17.8 Å². The molecule has 0 spiro atoms. The van der Waals surface area contributed by atoms with Crippen molar-refractivity contribution in [3.8, 4) is 5.75 Å². The fourth-order valence-corrected chi connectivity index (χ4v) is 5.12. The van der Waals surface area contributed by atoms with E-state index < -0.39 is 40.7 Å². The normalized spacial score (nSPS) is 19.2. The molecule has 4 amide bonds. The Kier molecular flexibility index (Phi) is 8.55. The molecule has 3 N–H and O–H groups in total. The lowest BCUT2D eigenvalue weighted by Crippen LogP contribution is -2.62. The molecule has 2 atom stereocenters. The third-order valence-corrected chi connectivity index (χ3v) is 7.21. The van der Waals surface area contributed by atoms with E-state index in [1.165, 1.54) is 30.0 Å². The fraction of sp³-hybridized carbons (Fsp3) is 0.429. The van der Waals surface area contributed by atoms with Crippen molar-refractivity contribution in [2.75, 3.05) is 26.7 Å². The van der Waals surface area contributed by atoms with E-state index in [-0.39, 0.29) is 37.8 Å². The number of piperidine rings is 1. The van der Waals surface area contributed by atoms with Gasteiger partial charge >= 0.3 is 6.09 Å². The van der Waals surface area contributed by atoms with E-state index in [1.54, 1.807) is 7.05 Å². The van der Waals surface area contributed by atoms with Crippen molar-refractivity contribution < 1.29 is 33.4 Å². The molecule has 13 heteroatoms. The highest BCUT2D eigenvalue weighted by molar-refractivity contribution is 6.13. The Morgan fingerprint density at radius 2 is 1.95 bits per heavy atom. The molecule has 1 aromatic heterocycles. The molecule has 4 rings (SSSR count). The highest BCUT2D eigenvalue weighted by atomic mass is 19.1. The summed E-state index contributed by atoms with van der Waals surface area (Å²) in [7, 11) is 1.59. The summed E-state index contributed by atoms with van der Waals surface area (Å²) >= 11 is 0. The number of aromatic nitrogens is 1. The number of carbonyl (C=O) groups excluding carboxylic acids is 3. The molecule has 1 saturated heterocycles. The van der Waals surface area contributed by atoms with Crippen LogP contribution in [0.5, 0.6) is 5.75 Å². The minimum absolute atomic E-state index is 0.0127. The first kappa shape index (κ1) is 29.4. The number of ether oxygens (including phenoxy) is 1. The number of carboxylic acid groups (broad SMARTS) is 1. The van der Waals surface area contributed by atoms with Gasteiger partial charge in [0.25, 0.3) is 5.91 Å². The van der Waals surface area contributed by atoms with Crippen molar-refractivity contribution in [3.63, 3.8) is 0 Å². The van der Waals surface area contributed by atoms with Crippen LogP contribution in [-0.2, 0) is 20.8 Å². The van der Waals surface area contributed by atoms with Crippen molar-refractivity contribution in [2.24, 2.45) is 10.5 Å². The molecule has 2 aliphatic heterocycles. The molecular weight excluding hydrogens is 535 g/mol. The van der Waals surface area contributed by atoms with Crippen LogP contribution in [0.25, 0.3) is 0 Å². The summed E-state index contributed by atoms with van der Waals surface area (Å²) in [4.78, 5) is 56.9. The van der Waals surface area contributed by atoms with Crippen LogP contribution >= 0.6 is 0 Å². The molecule has 1 aromatic carbocycles. The number of carbonyl (C=O) groups is 4. The zero-order chi connectivity index (χ0) is 29.8. The molecule has 0 radical (unpaired) electrons. The van der Waals surface area contributed by atoms with Gasteiger partial charge in [0.1, 0.15) is 28.6 Å². The number of nitrogens with zero attached hydrogens (tertiary/aromatic N) is 4. The van der Waals surface area contributed by atoms with Crippen LogP contribution in [0.1, 0.15) is 32.3 Å². The molecule has 1 fully saturated rings. The van der Waals surface area contributed by atoms with Crippen molar-refractivity contribution in [3.05, 3.63) is 60.2 Å². The van der Waals surface area contributed by atoms with Gasteiger partial charge in [-0.1, -0.05) is 30.3 Å². The number of hydrogen-bond donors (Lipinski definition) is 3. The average Bonchev–Trinajstić information content (AvgIpc) is 3.16. The van der Waals surface area contributed by atoms with Crippen LogP contribution in [0.4, 0.5) is 9.18 Å². The predicted molar refractivity (Wildman–Crippen MR) is 145 cm³/mol. The maximum Gasteiger partial charge on any atom is 0.405 e. The number of benzene rings is 1. The molecule has 0 aliphatic carbocycles. The van der Waals surface area contributed by atoms with Crippen molar-refractivity contribution >= 4 is 29.5 Å². The first-order valence-corrected chi connectivity index (χ1v) is 13.2. The van der Waals surface area contributed by atoms with E-state index in [4.69, 9.17) is 9.84 Å². The number of hydrazone groups is 1. The largest absolute Gasteiger partial charge is 0.492 e. The number of nitrogens with one attached hydrogen (secondary N) is 2. The Labute approximate surface area is 236 Å². The number of likely N-dealkylation sites (tertiary alicyclic amines) is 1. The first-order chi connectivity index (χ1) is 19.4. The zero-order valence-corrected chi connectivity index (χ0v) is 23.1. The minimum Gasteiger partial charge on any atom is -0.492 e. The van der Waals surface area contributed by atoms with E-state index >= 15 is 0 Å². The fourth-order valence-electron chi connectivity index (χ4n) is 5.12. The summed E-state index contributed by atoms with van der Waals surface area (Å²) in [5.41, 5.74) is -0.973. The molecule has 3 heterocycles. The van der Waals surface area contributed by atoms with Gasteiger partial charge in [-0.3, -0.25) is 19.4 Å². The van der Waals surface area contributed by atoms with Crippen molar-refractivity contribution in [2.45, 2.75) is 44.7 Å². The smallest absolute Gasteiger partial charge is 0.405 e. The van der Waals surface area contributed by atoms with Gasteiger partial charge in [-0.25, -0.2) is 14.2 Å². The topological polar surface area (TPSA) is 154 Å². The van der Waals surface area contributed by atoms with Gasteiger partial charge in [-0.15, -0.1) is 0 Å². The zero-order valence-electron chi connectivity index (χ0n) is 23.1. The Morgan fingerprint density at radius 3 is 2.63 bits per heavy atom. The number of pyridine rings is 1. The average molecular weight is 569 g/mol. The second-order valence-corrected chi connectivity index (χ2v) is 10.7. The monoisotopic (exact) mass is 568 g/mol. The van der Waals surface area contributed by atoms with Crippen LogP contribution in [0, 0.1) is 11.2 Å². The minimum atomic E-state index is -1.54. The molecule has 41 heavy (non-hydrogen) atoms. The number of hydrogen-bond acceptors (Lipinski definition) is 7. The predicted octanol–water partition coefficient (Wildman–Crippen LogP) is 1.81. The summed E-state index contributed by atoms with van der Waals surface area (Å²) in [5.74, 6) is -1.84.